The van der Waals surface area contributed by atoms with Crippen LogP contribution in [0.15, 0.2) is 47.4 Å². The number of nitrogens with two attached hydrogens (primary N) is 1. The van der Waals surface area contributed by atoms with Gasteiger partial charge in [0.25, 0.3) is 0 Å². The molecule has 31 heavy (non-hydrogen) atoms. The molecule has 2 amide bonds. The predicted molar refractivity (Wildman–Crippen MR) is 121 cm³/mol. The van der Waals surface area contributed by atoms with Crippen molar-refractivity contribution in [3.63, 3.8) is 0 Å². The van der Waals surface area contributed by atoms with Crippen molar-refractivity contribution in [3.05, 3.63) is 42.5 Å². The first-order chi connectivity index (χ1) is 14.7. The molecule has 1 saturated carbocycles. The van der Waals surface area contributed by atoms with Crippen LogP contribution in [0.25, 0.3) is 11.1 Å². The molecule has 0 saturated heterocycles. The van der Waals surface area contributed by atoms with Gasteiger partial charge in [-0.1, -0.05) is 18.2 Å². The standard InChI is InChI=1S/C23H27N3O4S/c1-15-14-25(23(28)18-3-4-18)22-13-19(7-10-21(22)26(15)16(2)27)17-5-8-20(9-6-17)31(29,30)12-11-24/h5-10,13,15,18H,3-4,11-12,14,24H2,1-2H3. The minimum Gasteiger partial charge on any atom is -0.329 e. The Kier molecular flexibility index (Phi) is 5.61. The third-order valence-corrected chi connectivity index (χ3v) is 7.64. The van der Waals surface area contributed by atoms with Crippen LogP contribution in [-0.4, -0.2) is 45.1 Å². The Morgan fingerprint density at radius 2 is 1.68 bits per heavy atom. The van der Waals surface area contributed by atoms with E-state index in [4.69, 9.17) is 5.73 Å². The Morgan fingerprint density at radius 3 is 2.26 bits per heavy atom. The van der Waals surface area contributed by atoms with E-state index < -0.39 is 9.84 Å². The largest absolute Gasteiger partial charge is 0.329 e. The molecule has 0 bridgehead atoms. The molecule has 0 aromatic heterocycles. The highest BCUT2D eigenvalue weighted by Crippen LogP contribution is 2.42. The highest BCUT2D eigenvalue weighted by atomic mass is 32.2. The normalized spacial score (nSPS) is 18.6. The Bertz CT molecular complexity index is 1120. The van der Waals surface area contributed by atoms with Crippen LogP contribution in [0.3, 0.4) is 0 Å². The monoisotopic (exact) mass is 441 g/mol. The fourth-order valence-electron chi connectivity index (χ4n) is 4.17. The summed E-state index contributed by atoms with van der Waals surface area (Å²) in [5.41, 5.74) is 8.55. The molecule has 0 spiro atoms. The number of rotatable bonds is 5. The van der Waals surface area contributed by atoms with Gasteiger partial charge >= 0.3 is 0 Å². The van der Waals surface area contributed by atoms with Gasteiger partial charge in [-0.3, -0.25) is 9.59 Å². The summed E-state index contributed by atoms with van der Waals surface area (Å²) in [7, 11) is -3.39. The molecular formula is C23H27N3O4S. The average molecular weight is 442 g/mol. The van der Waals surface area contributed by atoms with E-state index in [9.17, 15) is 18.0 Å². The van der Waals surface area contributed by atoms with Crippen molar-refractivity contribution in [2.75, 3.05) is 28.6 Å². The Balaban J connectivity index is 1.74. The van der Waals surface area contributed by atoms with Gasteiger partial charge in [0, 0.05) is 25.9 Å². The molecule has 1 unspecified atom stereocenters. The molecule has 2 aromatic rings. The summed E-state index contributed by atoms with van der Waals surface area (Å²) in [6.07, 6.45) is 1.82. The fourth-order valence-corrected chi connectivity index (χ4v) is 5.27. The van der Waals surface area contributed by atoms with E-state index in [0.717, 1.165) is 35.3 Å². The number of carbonyl (C=O) groups is 2. The molecule has 164 valence electrons. The van der Waals surface area contributed by atoms with Crippen LogP contribution < -0.4 is 15.5 Å². The summed E-state index contributed by atoms with van der Waals surface area (Å²) in [4.78, 5) is 29.0. The fraction of sp³-hybridized carbons (Fsp3) is 0.391. The van der Waals surface area contributed by atoms with Crippen molar-refractivity contribution in [2.45, 2.75) is 37.6 Å². The SMILES string of the molecule is CC(=O)N1c2ccc(-c3ccc(S(=O)(=O)CCN)cc3)cc2N(C(=O)C2CC2)CC1C. The minimum atomic E-state index is -3.39. The number of anilines is 2. The minimum absolute atomic E-state index is 0.0607. The first-order valence-corrected chi connectivity index (χ1v) is 12.2. The van der Waals surface area contributed by atoms with Crippen LogP contribution in [-0.2, 0) is 19.4 Å². The Hall–Kier alpha value is -2.71. The van der Waals surface area contributed by atoms with Crippen molar-refractivity contribution in [1.82, 2.24) is 0 Å². The van der Waals surface area contributed by atoms with Crippen LogP contribution >= 0.6 is 0 Å². The second kappa shape index (κ2) is 8.09. The maximum absolute atomic E-state index is 13.0. The summed E-state index contributed by atoms with van der Waals surface area (Å²) < 4.78 is 24.5. The lowest BCUT2D eigenvalue weighted by molar-refractivity contribution is -0.120. The van der Waals surface area contributed by atoms with Crippen molar-refractivity contribution in [1.29, 1.82) is 0 Å². The number of amides is 2. The van der Waals surface area contributed by atoms with E-state index in [-0.39, 0.29) is 41.0 Å². The summed E-state index contributed by atoms with van der Waals surface area (Å²) in [5, 5.41) is 0. The Labute approximate surface area is 182 Å². The van der Waals surface area contributed by atoms with Crippen molar-refractivity contribution in [3.8, 4) is 11.1 Å². The topological polar surface area (TPSA) is 101 Å². The van der Waals surface area contributed by atoms with Gasteiger partial charge in [-0.05, 0) is 55.2 Å². The van der Waals surface area contributed by atoms with E-state index in [1.165, 1.54) is 6.92 Å². The second-order valence-corrected chi connectivity index (χ2v) is 10.4. The number of nitrogens with zero attached hydrogens (tertiary/aromatic N) is 2. The van der Waals surface area contributed by atoms with Crippen molar-refractivity contribution >= 4 is 33.0 Å². The smallest absolute Gasteiger partial charge is 0.230 e. The van der Waals surface area contributed by atoms with Gasteiger partial charge in [0.2, 0.25) is 11.8 Å². The van der Waals surface area contributed by atoms with Gasteiger partial charge in [-0.25, -0.2) is 8.42 Å². The van der Waals surface area contributed by atoms with Crippen LogP contribution in [0.1, 0.15) is 26.7 Å². The van der Waals surface area contributed by atoms with Gasteiger partial charge in [0.1, 0.15) is 0 Å². The lowest BCUT2D eigenvalue weighted by Crippen LogP contribution is -2.51. The molecule has 1 atom stereocenters. The number of hydrogen-bond acceptors (Lipinski definition) is 5. The van der Waals surface area contributed by atoms with Crippen molar-refractivity contribution < 1.29 is 18.0 Å². The van der Waals surface area contributed by atoms with Gasteiger partial charge in [-0.15, -0.1) is 0 Å². The third-order valence-electron chi connectivity index (χ3n) is 5.88. The lowest BCUT2D eigenvalue weighted by atomic mass is 10.00. The molecule has 8 heteroatoms. The maximum atomic E-state index is 13.0. The highest BCUT2D eigenvalue weighted by Gasteiger charge is 2.39. The number of fused-ring (bicyclic) bond motifs is 1. The maximum Gasteiger partial charge on any atom is 0.230 e. The number of sulfone groups is 1. The van der Waals surface area contributed by atoms with Crippen molar-refractivity contribution in [2.24, 2.45) is 11.7 Å². The van der Waals surface area contributed by atoms with E-state index in [0.29, 0.717) is 6.54 Å². The lowest BCUT2D eigenvalue weighted by Gasteiger charge is -2.41. The molecule has 1 aliphatic heterocycles. The molecule has 1 heterocycles. The summed E-state index contributed by atoms with van der Waals surface area (Å²) >= 11 is 0. The van der Waals surface area contributed by atoms with E-state index in [1.807, 2.05) is 25.1 Å². The van der Waals surface area contributed by atoms with Crippen LogP contribution in [0.5, 0.6) is 0 Å². The molecule has 1 fully saturated rings. The van der Waals surface area contributed by atoms with E-state index >= 15 is 0 Å². The van der Waals surface area contributed by atoms with Crippen LogP contribution in [0, 0.1) is 5.92 Å². The molecular weight excluding hydrogens is 414 g/mol. The highest BCUT2D eigenvalue weighted by molar-refractivity contribution is 7.91. The third kappa shape index (κ3) is 4.09. The zero-order chi connectivity index (χ0) is 22.3. The van der Waals surface area contributed by atoms with Crippen LogP contribution in [0.2, 0.25) is 0 Å². The molecule has 7 nitrogen and oxygen atoms in total. The van der Waals surface area contributed by atoms with Gasteiger partial charge in [0.15, 0.2) is 9.84 Å². The number of benzene rings is 2. The first kappa shape index (κ1) is 21.5. The Morgan fingerprint density at radius 1 is 1.03 bits per heavy atom. The quantitative estimate of drug-likeness (QED) is 0.769. The van der Waals surface area contributed by atoms with E-state index in [1.54, 1.807) is 34.1 Å². The molecule has 4 rings (SSSR count). The van der Waals surface area contributed by atoms with Gasteiger partial charge in [0.05, 0.1) is 28.1 Å². The molecule has 1 aliphatic carbocycles. The first-order valence-electron chi connectivity index (χ1n) is 10.5. The second-order valence-electron chi connectivity index (χ2n) is 8.30. The zero-order valence-electron chi connectivity index (χ0n) is 17.7. The van der Waals surface area contributed by atoms with Gasteiger partial charge in [-0.2, -0.15) is 0 Å². The molecule has 2 aliphatic rings. The molecule has 0 radical (unpaired) electrons. The summed E-state index contributed by atoms with van der Waals surface area (Å²) in [6.45, 7) is 4.02. The predicted octanol–water partition coefficient (Wildman–Crippen LogP) is 2.58. The molecule has 2 aromatic carbocycles. The van der Waals surface area contributed by atoms with Gasteiger partial charge < -0.3 is 15.5 Å². The summed E-state index contributed by atoms with van der Waals surface area (Å²) in [5.74, 6) is 0.0217. The van der Waals surface area contributed by atoms with Crippen LogP contribution in [0.4, 0.5) is 11.4 Å². The average Bonchev–Trinajstić information content (AvgIpc) is 3.57. The van der Waals surface area contributed by atoms with E-state index in [2.05, 4.69) is 0 Å². The zero-order valence-corrected chi connectivity index (χ0v) is 18.6. The molecule has 2 N–H and O–H groups in total. The summed E-state index contributed by atoms with van der Waals surface area (Å²) in [6, 6.07) is 12.3. The number of hydrogen-bond donors (Lipinski definition) is 1. The number of carbonyl (C=O) groups excluding carboxylic acids is 2.